The number of ether oxygens (including phenoxy) is 2. The van der Waals surface area contributed by atoms with Gasteiger partial charge in [-0.3, -0.25) is 0 Å². The fourth-order valence-corrected chi connectivity index (χ4v) is 10.7. The van der Waals surface area contributed by atoms with Gasteiger partial charge in [-0.15, -0.1) is 0 Å². The van der Waals surface area contributed by atoms with Crippen LogP contribution in [0.25, 0.3) is 0 Å². The van der Waals surface area contributed by atoms with Crippen molar-refractivity contribution in [2.75, 3.05) is 13.2 Å². The first-order valence-corrected chi connectivity index (χ1v) is 17.3. The van der Waals surface area contributed by atoms with E-state index in [0.29, 0.717) is 0 Å². The number of unbranched alkanes of at least 4 members (excludes halogenated alkanes) is 2. The summed E-state index contributed by atoms with van der Waals surface area (Å²) in [5.74, 6) is 1.89. The highest BCUT2D eigenvalue weighted by molar-refractivity contribution is 6.85. The van der Waals surface area contributed by atoms with Crippen molar-refractivity contribution in [1.29, 1.82) is 0 Å². The van der Waals surface area contributed by atoms with Gasteiger partial charge in [-0.25, -0.2) is 0 Å². The lowest BCUT2D eigenvalue weighted by Crippen LogP contribution is -2.37. The first-order valence-electron chi connectivity index (χ1n) is 14.2. The maximum Gasteiger partial charge on any atom is 0.0784 e. The van der Waals surface area contributed by atoms with Crippen molar-refractivity contribution in [2.24, 2.45) is 11.8 Å². The topological polar surface area (TPSA) is 18.5 Å². The van der Waals surface area contributed by atoms with Gasteiger partial charge in [0.05, 0.1) is 19.3 Å². The van der Waals surface area contributed by atoms with Gasteiger partial charge in [0, 0.05) is 13.2 Å². The number of hydrogen-bond donors (Lipinski definition) is 0. The van der Waals surface area contributed by atoms with Crippen molar-refractivity contribution in [2.45, 2.75) is 155 Å². The SMILES string of the molecule is CC1=C([Si](C)(C)C2CCC(CCCCOC(C)(C)C)C2)CCC(CCCCOC(C)(C)C)C1. The summed E-state index contributed by atoms with van der Waals surface area (Å²) in [6, 6.07) is 0. The van der Waals surface area contributed by atoms with Crippen LogP contribution in [0.5, 0.6) is 0 Å². The van der Waals surface area contributed by atoms with Gasteiger partial charge in [-0.2, -0.15) is 0 Å². The van der Waals surface area contributed by atoms with Gasteiger partial charge in [-0.05, 0) is 104 Å². The molecule has 3 atom stereocenters. The average molecular weight is 479 g/mol. The monoisotopic (exact) mass is 478 g/mol. The third-order valence-electron chi connectivity index (χ3n) is 8.34. The van der Waals surface area contributed by atoms with Gasteiger partial charge in [0.25, 0.3) is 0 Å². The fourth-order valence-electron chi connectivity index (χ4n) is 6.40. The molecule has 33 heavy (non-hydrogen) atoms. The average Bonchev–Trinajstić information content (AvgIpc) is 3.15. The Morgan fingerprint density at radius 2 is 1.30 bits per heavy atom. The lowest BCUT2D eigenvalue weighted by Gasteiger charge is -2.38. The van der Waals surface area contributed by atoms with Gasteiger partial charge < -0.3 is 9.47 Å². The van der Waals surface area contributed by atoms with Crippen molar-refractivity contribution in [1.82, 2.24) is 0 Å². The quantitative estimate of drug-likeness (QED) is 0.205. The summed E-state index contributed by atoms with van der Waals surface area (Å²) in [5.41, 5.74) is 2.83. The van der Waals surface area contributed by atoms with Crippen LogP contribution >= 0.6 is 0 Å². The van der Waals surface area contributed by atoms with Crippen molar-refractivity contribution < 1.29 is 9.47 Å². The van der Waals surface area contributed by atoms with Crippen LogP contribution in [0.4, 0.5) is 0 Å². The zero-order valence-corrected chi connectivity index (χ0v) is 24.9. The molecule has 1 saturated carbocycles. The molecule has 0 amide bonds. The summed E-state index contributed by atoms with van der Waals surface area (Å²) in [6.45, 7) is 22.7. The van der Waals surface area contributed by atoms with E-state index < -0.39 is 8.07 Å². The summed E-state index contributed by atoms with van der Waals surface area (Å²) in [4.78, 5) is 0. The summed E-state index contributed by atoms with van der Waals surface area (Å²) in [6.07, 6.45) is 16.6. The normalized spacial score (nSPS) is 25.2. The second kappa shape index (κ2) is 12.7. The zero-order chi connectivity index (χ0) is 24.7. The highest BCUT2D eigenvalue weighted by Gasteiger charge is 2.41. The Hall–Kier alpha value is -0.123. The molecule has 0 aromatic heterocycles. The van der Waals surface area contributed by atoms with E-state index in [1.165, 1.54) is 77.0 Å². The molecule has 2 aliphatic rings. The van der Waals surface area contributed by atoms with Crippen molar-refractivity contribution in [3.63, 3.8) is 0 Å². The zero-order valence-electron chi connectivity index (χ0n) is 23.9. The molecule has 0 spiro atoms. The first kappa shape index (κ1) is 29.1. The molecule has 0 bridgehead atoms. The highest BCUT2D eigenvalue weighted by atomic mass is 28.3. The van der Waals surface area contributed by atoms with Crippen LogP contribution < -0.4 is 0 Å². The first-order chi connectivity index (χ1) is 15.3. The van der Waals surface area contributed by atoms with Crippen LogP contribution in [0.2, 0.25) is 18.6 Å². The molecule has 0 aliphatic heterocycles. The van der Waals surface area contributed by atoms with E-state index in [0.717, 1.165) is 30.6 Å². The molecule has 3 heteroatoms. The lowest BCUT2D eigenvalue weighted by molar-refractivity contribution is -0.00541. The lowest BCUT2D eigenvalue weighted by atomic mass is 9.86. The van der Waals surface area contributed by atoms with Crippen LogP contribution in [0.3, 0.4) is 0 Å². The van der Waals surface area contributed by atoms with Gasteiger partial charge >= 0.3 is 0 Å². The second-order valence-electron chi connectivity index (χ2n) is 13.9. The number of hydrogen-bond acceptors (Lipinski definition) is 2. The Labute approximate surface area is 208 Å². The number of allylic oxidation sites excluding steroid dienone is 2. The third-order valence-corrected chi connectivity index (χ3v) is 13.1. The van der Waals surface area contributed by atoms with Crippen molar-refractivity contribution in [3.05, 3.63) is 10.8 Å². The fraction of sp³-hybridized carbons (Fsp3) is 0.933. The predicted octanol–water partition coefficient (Wildman–Crippen LogP) is 9.49. The number of rotatable bonds is 12. The molecule has 0 saturated heterocycles. The summed E-state index contributed by atoms with van der Waals surface area (Å²) in [7, 11) is -1.31. The molecule has 2 rings (SSSR count). The molecule has 0 N–H and O–H groups in total. The van der Waals surface area contributed by atoms with Gasteiger partial charge in [0.1, 0.15) is 0 Å². The summed E-state index contributed by atoms with van der Waals surface area (Å²) >= 11 is 0. The Morgan fingerprint density at radius 3 is 1.82 bits per heavy atom. The minimum Gasteiger partial charge on any atom is -0.376 e. The van der Waals surface area contributed by atoms with Crippen LogP contribution in [0.1, 0.15) is 126 Å². The van der Waals surface area contributed by atoms with E-state index in [-0.39, 0.29) is 11.2 Å². The smallest absolute Gasteiger partial charge is 0.0784 e. The molecule has 0 aromatic rings. The molecular formula is C30H58O2Si. The maximum absolute atomic E-state index is 5.91. The van der Waals surface area contributed by atoms with Crippen molar-refractivity contribution >= 4 is 8.07 Å². The molecule has 3 unspecified atom stereocenters. The van der Waals surface area contributed by atoms with E-state index in [1.807, 2.05) is 5.20 Å². The van der Waals surface area contributed by atoms with Crippen LogP contribution in [0, 0.1) is 11.8 Å². The van der Waals surface area contributed by atoms with Crippen LogP contribution in [-0.4, -0.2) is 32.5 Å². The standard InChI is InChI=1S/C30H58O2Si/c1-24-22-25(14-10-12-20-31-29(2,3)4)17-19-28(24)33(8,9)27-18-16-26(23-27)15-11-13-21-32-30(5,6)7/h25-27H,10-23H2,1-9H3. The minimum absolute atomic E-state index is 0.00912. The highest BCUT2D eigenvalue weighted by Crippen LogP contribution is 2.49. The Balaban J connectivity index is 1.74. The van der Waals surface area contributed by atoms with Gasteiger partial charge in [-0.1, -0.05) is 62.4 Å². The van der Waals surface area contributed by atoms with Crippen LogP contribution in [-0.2, 0) is 9.47 Å². The molecule has 194 valence electrons. The molecule has 1 fully saturated rings. The Kier molecular flexibility index (Phi) is 11.2. The van der Waals surface area contributed by atoms with E-state index in [9.17, 15) is 0 Å². The Bertz CT molecular complexity index is 608. The molecule has 0 aromatic carbocycles. The van der Waals surface area contributed by atoms with E-state index in [4.69, 9.17) is 9.47 Å². The van der Waals surface area contributed by atoms with E-state index >= 15 is 0 Å². The summed E-state index contributed by atoms with van der Waals surface area (Å²) in [5, 5.41) is 1.96. The second-order valence-corrected chi connectivity index (χ2v) is 18.7. The van der Waals surface area contributed by atoms with E-state index in [1.54, 1.807) is 5.57 Å². The third kappa shape index (κ3) is 10.6. The predicted molar refractivity (Wildman–Crippen MR) is 148 cm³/mol. The Morgan fingerprint density at radius 1 is 0.758 bits per heavy atom. The van der Waals surface area contributed by atoms with Crippen molar-refractivity contribution in [3.8, 4) is 0 Å². The largest absolute Gasteiger partial charge is 0.376 e. The van der Waals surface area contributed by atoms with Crippen LogP contribution in [0.15, 0.2) is 10.8 Å². The van der Waals surface area contributed by atoms with Gasteiger partial charge in [0.15, 0.2) is 0 Å². The molecule has 0 radical (unpaired) electrons. The molecule has 2 aliphatic carbocycles. The minimum atomic E-state index is -1.31. The van der Waals surface area contributed by atoms with Gasteiger partial charge in [0.2, 0.25) is 0 Å². The molecule has 2 nitrogen and oxygen atoms in total. The van der Waals surface area contributed by atoms with E-state index in [2.05, 4.69) is 61.6 Å². The maximum atomic E-state index is 5.91. The molecule has 0 heterocycles. The molecular weight excluding hydrogens is 420 g/mol. The summed E-state index contributed by atoms with van der Waals surface area (Å²) < 4.78 is 11.8.